The Morgan fingerprint density at radius 1 is 1.36 bits per heavy atom. The molecule has 28 heavy (non-hydrogen) atoms. The smallest absolute Gasteiger partial charge is 0.192 e. The number of aromatic nitrogens is 1. The fourth-order valence-corrected chi connectivity index (χ4v) is 5.41. The molecule has 1 saturated heterocycles. The van der Waals surface area contributed by atoms with Gasteiger partial charge >= 0.3 is 0 Å². The van der Waals surface area contributed by atoms with E-state index in [4.69, 9.17) is 24.6 Å². The maximum atomic E-state index is 6.40. The zero-order chi connectivity index (χ0) is 20.1. The van der Waals surface area contributed by atoms with Gasteiger partial charge in [-0.3, -0.25) is 0 Å². The molecule has 1 aromatic carbocycles. The zero-order valence-corrected chi connectivity index (χ0v) is 19.2. The van der Waals surface area contributed by atoms with Gasteiger partial charge in [-0.25, -0.2) is 4.98 Å². The van der Waals surface area contributed by atoms with Crippen molar-refractivity contribution < 1.29 is 13.9 Å². The highest BCUT2D eigenvalue weighted by molar-refractivity contribution is 7.22. The van der Waals surface area contributed by atoms with E-state index in [1.165, 1.54) is 10.3 Å². The number of thiazole rings is 1. The Hall–Kier alpha value is -1.19. The van der Waals surface area contributed by atoms with Crippen molar-refractivity contribution >= 4 is 35.0 Å². The van der Waals surface area contributed by atoms with Gasteiger partial charge in [-0.2, -0.15) is 0 Å². The predicted octanol–water partition coefficient (Wildman–Crippen LogP) is 3.76. The first-order valence-electron chi connectivity index (χ1n) is 9.98. The number of nitrogens with one attached hydrogen (secondary N) is 1. The van der Waals surface area contributed by atoms with Crippen LogP contribution in [-0.4, -0.2) is 51.3 Å². The molecular formula is C20H31N3O3SSi. The van der Waals surface area contributed by atoms with Crippen molar-refractivity contribution in [1.29, 1.82) is 0 Å². The van der Waals surface area contributed by atoms with Crippen molar-refractivity contribution in [3.05, 3.63) is 17.7 Å². The molecular weight excluding hydrogens is 390 g/mol. The number of ether oxygens (including phenoxy) is 2. The summed E-state index contributed by atoms with van der Waals surface area (Å²) in [7, 11) is -1.83. The number of nitrogens with two attached hydrogens (primary N) is 1. The number of benzene rings is 1. The third kappa shape index (κ3) is 3.68. The van der Waals surface area contributed by atoms with Crippen LogP contribution in [0.25, 0.3) is 10.2 Å². The fraction of sp³-hybridized carbons (Fsp3) is 0.650. The second-order valence-corrected chi connectivity index (χ2v) is 15.1. The summed E-state index contributed by atoms with van der Waals surface area (Å²) in [4.78, 5) is 4.85. The molecule has 3 heterocycles. The molecule has 0 unspecified atom stereocenters. The van der Waals surface area contributed by atoms with E-state index in [2.05, 4.69) is 45.2 Å². The SMILES string of the molecule is CC(C)(C)[Si](C)(C)OC[C@H]1OC[C@H](N)[C@@H]1Nc1nc2c3c(ccc2s1)OCC3. The van der Waals surface area contributed by atoms with Crippen molar-refractivity contribution in [1.82, 2.24) is 4.98 Å². The van der Waals surface area contributed by atoms with Gasteiger partial charge in [0.1, 0.15) is 11.9 Å². The highest BCUT2D eigenvalue weighted by Gasteiger charge is 2.41. The summed E-state index contributed by atoms with van der Waals surface area (Å²) in [6.45, 7) is 13.1. The van der Waals surface area contributed by atoms with Gasteiger partial charge in [-0.1, -0.05) is 32.1 Å². The Balaban J connectivity index is 1.49. The molecule has 0 amide bonds. The van der Waals surface area contributed by atoms with Crippen LogP contribution in [-0.2, 0) is 15.6 Å². The summed E-state index contributed by atoms with van der Waals surface area (Å²) in [5, 5.41) is 4.61. The molecule has 6 nitrogen and oxygen atoms in total. The van der Waals surface area contributed by atoms with E-state index in [1.54, 1.807) is 11.3 Å². The van der Waals surface area contributed by atoms with Crippen LogP contribution in [0.1, 0.15) is 26.3 Å². The standard InChI is InChI=1S/C20H31N3O3SSi/c1-20(2,3)28(4,5)26-11-15-18(13(21)10-25-15)23-19-22-17-12-8-9-24-14(12)6-7-16(17)27-19/h6-7,13,15,18H,8-11,21H2,1-5H3,(H,22,23)/t13-,15+,18-/m0/s1. The van der Waals surface area contributed by atoms with Crippen LogP contribution in [0.3, 0.4) is 0 Å². The largest absolute Gasteiger partial charge is 0.493 e. The molecule has 0 saturated carbocycles. The minimum atomic E-state index is -1.83. The van der Waals surface area contributed by atoms with E-state index in [0.717, 1.165) is 29.4 Å². The maximum Gasteiger partial charge on any atom is 0.192 e. The minimum absolute atomic E-state index is 0.00497. The lowest BCUT2D eigenvalue weighted by Crippen LogP contribution is -2.48. The number of hydrogen-bond donors (Lipinski definition) is 2. The third-order valence-electron chi connectivity index (χ3n) is 6.30. The summed E-state index contributed by atoms with van der Waals surface area (Å²) in [5.74, 6) is 0.964. The van der Waals surface area contributed by atoms with E-state index in [1.807, 2.05) is 6.07 Å². The zero-order valence-electron chi connectivity index (χ0n) is 17.4. The average Bonchev–Trinajstić information content (AvgIpc) is 3.31. The predicted molar refractivity (Wildman–Crippen MR) is 117 cm³/mol. The van der Waals surface area contributed by atoms with Crippen LogP contribution in [0.4, 0.5) is 5.13 Å². The van der Waals surface area contributed by atoms with Gasteiger partial charge in [0.2, 0.25) is 0 Å². The number of anilines is 1. The third-order valence-corrected chi connectivity index (χ3v) is 11.8. The number of fused-ring (bicyclic) bond motifs is 3. The summed E-state index contributed by atoms with van der Waals surface area (Å²) >= 11 is 1.66. The van der Waals surface area contributed by atoms with Crippen molar-refractivity contribution in [2.24, 2.45) is 5.73 Å². The highest BCUT2D eigenvalue weighted by atomic mass is 32.1. The molecule has 2 aliphatic heterocycles. The lowest BCUT2D eigenvalue weighted by atomic mass is 10.1. The molecule has 0 aliphatic carbocycles. The van der Waals surface area contributed by atoms with Gasteiger partial charge in [-0.15, -0.1) is 0 Å². The summed E-state index contributed by atoms with van der Waals surface area (Å²) < 4.78 is 19.2. The van der Waals surface area contributed by atoms with Crippen LogP contribution < -0.4 is 15.8 Å². The Labute approximate surface area is 171 Å². The molecule has 1 aromatic heterocycles. The molecule has 0 radical (unpaired) electrons. The van der Waals surface area contributed by atoms with Gasteiger partial charge in [-0.05, 0) is 30.3 Å². The van der Waals surface area contributed by atoms with Gasteiger partial charge < -0.3 is 25.0 Å². The number of hydrogen-bond acceptors (Lipinski definition) is 7. The molecule has 2 aliphatic rings. The summed E-state index contributed by atoms with van der Waals surface area (Å²) in [6.07, 6.45) is 0.857. The van der Waals surface area contributed by atoms with Crippen LogP contribution >= 0.6 is 11.3 Å². The van der Waals surface area contributed by atoms with Crippen molar-refractivity contribution in [2.45, 2.75) is 63.5 Å². The summed E-state index contributed by atoms with van der Waals surface area (Å²) in [5.41, 5.74) is 8.61. The first-order chi connectivity index (χ1) is 13.2. The van der Waals surface area contributed by atoms with E-state index in [0.29, 0.717) is 13.2 Å². The van der Waals surface area contributed by atoms with Crippen molar-refractivity contribution in [3.8, 4) is 5.75 Å². The average molecular weight is 422 g/mol. The lowest BCUT2D eigenvalue weighted by Gasteiger charge is -2.37. The van der Waals surface area contributed by atoms with E-state index in [9.17, 15) is 0 Å². The molecule has 154 valence electrons. The fourth-order valence-electron chi connectivity index (χ4n) is 3.45. The number of rotatable bonds is 5. The quantitative estimate of drug-likeness (QED) is 0.716. The minimum Gasteiger partial charge on any atom is -0.493 e. The normalized spacial score (nSPS) is 25.1. The second-order valence-electron chi connectivity index (χ2n) is 9.28. The Bertz CT molecular complexity index is 864. The van der Waals surface area contributed by atoms with E-state index < -0.39 is 8.32 Å². The Kier molecular flexibility index (Phi) is 5.20. The molecule has 8 heteroatoms. The molecule has 1 fully saturated rings. The van der Waals surface area contributed by atoms with Crippen LogP contribution in [0.5, 0.6) is 5.75 Å². The Morgan fingerprint density at radius 2 is 2.14 bits per heavy atom. The van der Waals surface area contributed by atoms with Gasteiger partial charge in [0.15, 0.2) is 13.4 Å². The first-order valence-corrected chi connectivity index (χ1v) is 13.7. The summed E-state index contributed by atoms with van der Waals surface area (Å²) in [6, 6.07) is 4.06. The number of nitrogens with zero attached hydrogens (tertiary/aromatic N) is 1. The van der Waals surface area contributed by atoms with Crippen molar-refractivity contribution in [3.63, 3.8) is 0 Å². The van der Waals surface area contributed by atoms with Crippen LogP contribution in [0, 0.1) is 0 Å². The molecule has 4 rings (SSSR count). The molecule has 3 N–H and O–H groups in total. The second kappa shape index (κ2) is 7.25. The lowest BCUT2D eigenvalue weighted by molar-refractivity contribution is 0.0587. The molecule has 3 atom stereocenters. The van der Waals surface area contributed by atoms with Crippen LogP contribution in [0.2, 0.25) is 18.1 Å². The monoisotopic (exact) mass is 421 g/mol. The van der Waals surface area contributed by atoms with Gasteiger partial charge in [0.05, 0.1) is 42.1 Å². The maximum absolute atomic E-state index is 6.40. The van der Waals surface area contributed by atoms with Gasteiger partial charge in [0.25, 0.3) is 0 Å². The molecule has 0 spiro atoms. The van der Waals surface area contributed by atoms with Crippen LogP contribution in [0.15, 0.2) is 12.1 Å². The highest BCUT2D eigenvalue weighted by Crippen LogP contribution is 2.38. The van der Waals surface area contributed by atoms with E-state index in [-0.39, 0.29) is 23.2 Å². The Morgan fingerprint density at radius 3 is 2.89 bits per heavy atom. The first kappa shape index (κ1) is 20.1. The van der Waals surface area contributed by atoms with E-state index >= 15 is 0 Å². The van der Waals surface area contributed by atoms with Gasteiger partial charge in [0, 0.05) is 12.0 Å². The van der Waals surface area contributed by atoms with Crippen molar-refractivity contribution in [2.75, 3.05) is 25.1 Å². The molecule has 2 aromatic rings. The topological polar surface area (TPSA) is 78.6 Å². The molecule has 0 bridgehead atoms.